The number of carbonyl (C=O) groups is 1. The van der Waals surface area contributed by atoms with Gasteiger partial charge in [0, 0.05) is 12.6 Å². The molecule has 1 aliphatic heterocycles. The Kier molecular flexibility index (Phi) is 1.58. The molecule has 4 N–H and O–H groups in total. The third-order valence-electron chi connectivity index (χ3n) is 2.41. The monoisotopic (exact) mass is 167 g/mol. The van der Waals surface area contributed by atoms with Gasteiger partial charge in [0.1, 0.15) is 5.82 Å². The fraction of sp³-hybridized carbons (Fsp3) is 0.625. The lowest BCUT2D eigenvalue weighted by Gasteiger charge is -2.16. The molecule has 12 heavy (non-hydrogen) atoms. The van der Waals surface area contributed by atoms with Gasteiger partial charge in [-0.25, -0.2) is 0 Å². The Hall–Kier alpha value is -1.03. The van der Waals surface area contributed by atoms with Crippen molar-refractivity contribution in [2.24, 2.45) is 11.5 Å². The molecule has 0 aromatic heterocycles. The summed E-state index contributed by atoms with van der Waals surface area (Å²) >= 11 is 0. The fourth-order valence-electron chi connectivity index (χ4n) is 1.57. The molecule has 0 aromatic rings. The molecule has 0 bridgehead atoms. The molecule has 1 heterocycles. The number of amides is 1. The first-order chi connectivity index (χ1) is 5.74. The molecular formula is C8H13N3O. The Bertz CT molecular complexity index is 255. The minimum absolute atomic E-state index is 0.121. The standard InChI is InChI=1S/C8H13N3O/c9-4-5-3-7(12)11(8(5)10)6-1-2-6/h6H,1-4,9-10H2. The Morgan fingerprint density at radius 2 is 2.17 bits per heavy atom. The van der Waals surface area contributed by atoms with Crippen LogP contribution in [-0.2, 0) is 4.79 Å². The van der Waals surface area contributed by atoms with Crippen molar-refractivity contribution < 1.29 is 4.79 Å². The normalized spacial score (nSPS) is 24.1. The van der Waals surface area contributed by atoms with Crippen LogP contribution in [0.15, 0.2) is 11.4 Å². The van der Waals surface area contributed by atoms with Crippen LogP contribution in [0.4, 0.5) is 0 Å². The highest BCUT2D eigenvalue weighted by Gasteiger charge is 2.38. The van der Waals surface area contributed by atoms with Crippen molar-refractivity contribution in [3.63, 3.8) is 0 Å². The molecule has 1 aliphatic carbocycles. The van der Waals surface area contributed by atoms with Crippen LogP contribution in [0.1, 0.15) is 19.3 Å². The number of rotatable bonds is 2. The molecule has 0 saturated heterocycles. The van der Waals surface area contributed by atoms with E-state index in [1.807, 2.05) is 0 Å². The summed E-state index contributed by atoms with van der Waals surface area (Å²) in [5.74, 6) is 0.737. The van der Waals surface area contributed by atoms with Gasteiger partial charge in [0.25, 0.3) is 0 Å². The predicted octanol–water partition coefficient (Wildman–Crippen LogP) is -0.490. The van der Waals surface area contributed by atoms with Gasteiger partial charge in [-0.1, -0.05) is 0 Å². The van der Waals surface area contributed by atoms with Gasteiger partial charge in [-0.3, -0.25) is 9.69 Å². The van der Waals surface area contributed by atoms with E-state index in [4.69, 9.17) is 11.5 Å². The van der Waals surface area contributed by atoms with Crippen LogP contribution >= 0.6 is 0 Å². The number of carbonyl (C=O) groups excluding carboxylic acids is 1. The zero-order chi connectivity index (χ0) is 8.72. The van der Waals surface area contributed by atoms with E-state index in [1.165, 1.54) is 0 Å². The highest BCUT2D eigenvalue weighted by Crippen LogP contribution is 2.33. The number of nitrogens with two attached hydrogens (primary N) is 2. The number of hydrogen-bond acceptors (Lipinski definition) is 3. The van der Waals surface area contributed by atoms with Gasteiger partial charge in [0.15, 0.2) is 0 Å². The van der Waals surface area contributed by atoms with E-state index in [0.29, 0.717) is 24.8 Å². The number of nitrogens with zero attached hydrogens (tertiary/aromatic N) is 1. The summed E-state index contributed by atoms with van der Waals surface area (Å²) in [6, 6.07) is 0.376. The first kappa shape index (κ1) is 7.61. The summed E-state index contributed by atoms with van der Waals surface area (Å²) in [4.78, 5) is 13.1. The molecule has 1 saturated carbocycles. The molecule has 66 valence electrons. The van der Waals surface area contributed by atoms with E-state index >= 15 is 0 Å². The van der Waals surface area contributed by atoms with Crippen LogP contribution in [0.25, 0.3) is 0 Å². The Morgan fingerprint density at radius 1 is 1.50 bits per heavy atom. The highest BCUT2D eigenvalue weighted by atomic mass is 16.2. The van der Waals surface area contributed by atoms with Crippen LogP contribution in [-0.4, -0.2) is 23.4 Å². The summed E-state index contributed by atoms with van der Waals surface area (Å²) in [5.41, 5.74) is 12.1. The molecule has 4 heteroatoms. The summed E-state index contributed by atoms with van der Waals surface area (Å²) in [5, 5.41) is 0. The van der Waals surface area contributed by atoms with Crippen molar-refractivity contribution in [1.29, 1.82) is 0 Å². The van der Waals surface area contributed by atoms with Crippen molar-refractivity contribution in [2.45, 2.75) is 25.3 Å². The molecule has 0 radical (unpaired) electrons. The SMILES string of the molecule is NCC1=C(N)N(C2CC2)C(=O)C1. The summed E-state index contributed by atoms with van der Waals surface area (Å²) < 4.78 is 0. The van der Waals surface area contributed by atoms with Gasteiger partial charge < -0.3 is 11.5 Å². The molecule has 2 aliphatic rings. The average molecular weight is 167 g/mol. The van der Waals surface area contributed by atoms with Crippen molar-refractivity contribution in [1.82, 2.24) is 4.90 Å². The second kappa shape index (κ2) is 2.48. The van der Waals surface area contributed by atoms with Gasteiger partial charge in [-0.05, 0) is 18.4 Å². The molecule has 0 aromatic carbocycles. The van der Waals surface area contributed by atoms with E-state index < -0.39 is 0 Å². The fourth-order valence-corrected chi connectivity index (χ4v) is 1.57. The minimum Gasteiger partial charge on any atom is -0.385 e. The second-order valence-corrected chi connectivity index (χ2v) is 3.36. The lowest BCUT2D eigenvalue weighted by Crippen LogP contribution is -2.31. The van der Waals surface area contributed by atoms with Gasteiger partial charge >= 0.3 is 0 Å². The van der Waals surface area contributed by atoms with Crippen LogP contribution < -0.4 is 11.5 Å². The summed E-state index contributed by atoms with van der Waals surface area (Å²) in [7, 11) is 0. The van der Waals surface area contributed by atoms with E-state index in [2.05, 4.69) is 0 Å². The molecule has 2 rings (SSSR count). The van der Waals surface area contributed by atoms with Crippen LogP contribution in [0.5, 0.6) is 0 Å². The molecule has 4 nitrogen and oxygen atoms in total. The lowest BCUT2D eigenvalue weighted by atomic mass is 10.2. The maximum Gasteiger partial charge on any atom is 0.232 e. The van der Waals surface area contributed by atoms with E-state index in [1.54, 1.807) is 4.90 Å². The first-order valence-corrected chi connectivity index (χ1v) is 4.23. The van der Waals surface area contributed by atoms with Gasteiger partial charge in [-0.2, -0.15) is 0 Å². The van der Waals surface area contributed by atoms with Crippen LogP contribution in [0, 0.1) is 0 Å². The molecule has 0 spiro atoms. The van der Waals surface area contributed by atoms with Gasteiger partial charge in [-0.15, -0.1) is 0 Å². The highest BCUT2D eigenvalue weighted by molar-refractivity contribution is 5.84. The third kappa shape index (κ3) is 0.992. The van der Waals surface area contributed by atoms with Crippen molar-refractivity contribution >= 4 is 5.91 Å². The third-order valence-corrected chi connectivity index (χ3v) is 2.41. The molecule has 0 atom stereocenters. The largest absolute Gasteiger partial charge is 0.385 e. The predicted molar refractivity (Wildman–Crippen MR) is 44.8 cm³/mol. The molecular weight excluding hydrogens is 154 g/mol. The first-order valence-electron chi connectivity index (χ1n) is 4.23. The Labute approximate surface area is 71.2 Å². The average Bonchev–Trinajstić information content (AvgIpc) is 2.80. The maximum absolute atomic E-state index is 11.4. The quantitative estimate of drug-likeness (QED) is 0.583. The maximum atomic E-state index is 11.4. The molecule has 0 unspecified atom stereocenters. The van der Waals surface area contributed by atoms with Crippen molar-refractivity contribution in [2.75, 3.05) is 6.54 Å². The minimum atomic E-state index is 0.121. The zero-order valence-corrected chi connectivity index (χ0v) is 6.92. The van der Waals surface area contributed by atoms with Crippen molar-refractivity contribution in [3.05, 3.63) is 11.4 Å². The van der Waals surface area contributed by atoms with Crippen molar-refractivity contribution in [3.8, 4) is 0 Å². The van der Waals surface area contributed by atoms with E-state index in [0.717, 1.165) is 18.4 Å². The second-order valence-electron chi connectivity index (χ2n) is 3.36. The van der Waals surface area contributed by atoms with Gasteiger partial charge in [0.2, 0.25) is 5.91 Å². The van der Waals surface area contributed by atoms with E-state index in [-0.39, 0.29) is 5.91 Å². The summed E-state index contributed by atoms with van der Waals surface area (Å²) in [6.07, 6.45) is 2.60. The molecule has 1 fully saturated rings. The van der Waals surface area contributed by atoms with E-state index in [9.17, 15) is 4.79 Å². The molecule has 1 amide bonds. The zero-order valence-electron chi connectivity index (χ0n) is 6.92. The Morgan fingerprint density at radius 3 is 2.58 bits per heavy atom. The Balaban J connectivity index is 2.21. The van der Waals surface area contributed by atoms with Crippen LogP contribution in [0.2, 0.25) is 0 Å². The smallest absolute Gasteiger partial charge is 0.232 e. The van der Waals surface area contributed by atoms with Crippen LogP contribution in [0.3, 0.4) is 0 Å². The topological polar surface area (TPSA) is 72.3 Å². The lowest BCUT2D eigenvalue weighted by molar-refractivity contribution is -0.127. The number of hydrogen-bond donors (Lipinski definition) is 2. The van der Waals surface area contributed by atoms with Gasteiger partial charge in [0.05, 0.1) is 6.42 Å². The summed E-state index contributed by atoms with van der Waals surface area (Å²) in [6.45, 7) is 0.404.